The minimum absolute atomic E-state index is 0.277. The summed E-state index contributed by atoms with van der Waals surface area (Å²) in [7, 11) is 0. The number of nitrogens with zero attached hydrogens (tertiary/aromatic N) is 2. The van der Waals surface area contributed by atoms with Gasteiger partial charge in [-0.05, 0) is 39.0 Å². The van der Waals surface area contributed by atoms with Crippen molar-refractivity contribution in [3.63, 3.8) is 0 Å². The molecule has 0 aliphatic carbocycles. The Labute approximate surface area is 112 Å². The SMILES string of the molecule is CCNc1nc(C)nc(Nc2cccc(F)c2)c1C. The fraction of sp³-hybridized carbons (Fsp3) is 0.286. The van der Waals surface area contributed by atoms with Gasteiger partial charge < -0.3 is 10.6 Å². The van der Waals surface area contributed by atoms with Gasteiger partial charge in [0.05, 0.1) is 0 Å². The Balaban J connectivity index is 2.34. The lowest BCUT2D eigenvalue weighted by atomic mass is 10.2. The standard InChI is InChI=1S/C14H17FN4/c1-4-16-13-9(2)14(18-10(3)17-13)19-12-7-5-6-11(15)8-12/h5-8H,4H2,1-3H3,(H2,16,17,18,19). The van der Waals surface area contributed by atoms with E-state index in [0.717, 1.165) is 17.9 Å². The van der Waals surface area contributed by atoms with E-state index >= 15 is 0 Å². The van der Waals surface area contributed by atoms with E-state index in [2.05, 4.69) is 20.6 Å². The van der Waals surface area contributed by atoms with E-state index in [1.807, 2.05) is 20.8 Å². The molecule has 0 unspecified atom stereocenters. The maximum atomic E-state index is 13.2. The van der Waals surface area contributed by atoms with Crippen LogP contribution in [0.5, 0.6) is 0 Å². The fourth-order valence-electron chi connectivity index (χ4n) is 1.79. The highest BCUT2D eigenvalue weighted by atomic mass is 19.1. The number of nitrogens with one attached hydrogen (secondary N) is 2. The van der Waals surface area contributed by atoms with E-state index in [9.17, 15) is 4.39 Å². The van der Waals surface area contributed by atoms with Crippen molar-refractivity contribution < 1.29 is 4.39 Å². The van der Waals surface area contributed by atoms with Crippen LogP contribution in [0.25, 0.3) is 0 Å². The molecule has 1 aromatic heterocycles. The molecule has 0 spiro atoms. The van der Waals surface area contributed by atoms with Gasteiger partial charge in [0.25, 0.3) is 0 Å². The minimum atomic E-state index is -0.277. The van der Waals surface area contributed by atoms with Crippen LogP contribution in [-0.2, 0) is 0 Å². The van der Waals surface area contributed by atoms with Crippen LogP contribution in [0.1, 0.15) is 18.3 Å². The van der Waals surface area contributed by atoms with Gasteiger partial charge in [0.15, 0.2) is 0 Å². The molecule has 0 aliphatic rings. The Hall–Kier alpha value is -2.17. The molecule has 4 nitrogen and oxygen atoms in total. The molecular formula is C14H17FN4. The molecule has 19 heavy (non-hydrogen) atoms. The highest BCUT2D eigenvalue weighted by molar-refractivity contribution is 5.64. The summed E-state index contributed by atoms with van der Waals surface area (Å²) in [6.07, 6.45) is 0. The maximum Gasteiger partial charge on any atom is 0.139 e. The average molecular weight is 260 g/mol. The van der Waals surface area contributed by atoms with Gasteiger partial charge in [-0.2, -0.15) is 0 Å². The van der Waals surface area contributed by atoms with Gasteiger partial charge in [0, 0.05) is 17.8 Å². The first kappa shape index (κ1) is 13.3. The molecule has 0 fully saturated rings. The Kier molecular flexibility index (Phi) is 3.94. The van der Waals surface area contributed by atoms with Crippen molar-refractivity contribution in [2.75, 3.05) is 17.2 Å². The molecule has 0 atom stereocenters. The predicted molar refractivity (Wildman–Crippen MR) is 75.4 cm³/mol. The predicted octanol–water partition coefficient (Wildman–Crippen LogP) is 3.41. The van der Waals surface area contributed by atoms with Crippen LogP contribution in [0.3, 0.4) is 0 Å². The smallest absolute Gasteiger partial charge is 0.139 e. The van der Waals surface area contributed by atoms with Crippen LogP contribution in [0.15, 0.2) is 24.3 Å². The van der Waals surface area contributed by atoms with Crippen molar-refractivity contribution >= 4 is 17.3 Å². The third-order valence-corrected chi connectivity index (χ3v) is 2.69. The number of halogens is 1. The van der Waals surface area contributed by atoms with E-state index in [1.165, 1.54) is 12.1 Å². The molecule has 2 aromatic rings. The van der Waals surface area contributed by atoms with E-state index < -0.39 is 0 Å². The zero-order valence-electron chi connectivity index (χ0n) is 11.3. The number of anilines is 3. The first-order valence-corrected chi connectivity index (χ1v) is 6.22. The lowest BCUT2D eigenvalue weighted by Crippen LogP contribution is -2.07. The molecule has 1 aromatic carbocycles. The van der Waals surface area contributed by atoms with Crippen molar-refractivity contribution in [3.05, 3.63) is 41.5 Å². The molecule has 1 heterocycles. The van der Waals surface area contributed by atoms with E-state index in [0.29, 0.717) is 17.3 Å². The van der Waals surface area contributed by atoms with Crippen molar-refractivity contribution in [1.82, 2.24) is 9.97 Å². The van der Waals surface area contributed by atoms with Crippen molar-refractivity contribution in [2.24, 2.45) is 0 Å². The first-order chi connectivity index (χ1) is 9.10. The Morgan fingerprint density at radius 3 is 2.58 bits per heavy atom. The Bertz CT molecular complexity index is 584. The molecule has 100 valence electrons. The van der Waals surface area contributed by atoms with Crippen molar-refractivity contribution in [2.45, 2.75) is 20.8 Å². The van der Waals surface area contributed by atoms with Crippen LogP contribution in [0.4, 0.5) is 21.7 Å². The van der Waals surface area contributed by atoms with Crippen LogP contribution < -0.4 is 10.6 Å². The number of benzene rings is 1. The second-order valence-electron chi connectivity index (χ2n) is 4.26. The highest BCUT2D eigenvalue weighted by Crippen LogP contribution is 2.23. The maximum absolute atomic E-state index is 13.2. The molecule has 2 rings (SSSR count). The molecule has 0 aliphatic heterocycles. The van der Waals surface area contributed by atoms with Gasteiger partial charge in [-0.1, -0.05) is 6.07 Å². The molecule has 0 amide bonds. The molecular weight excluding hydrogens is 243 g/mol. The number of rotatable bonds is 4. The van der Waals surface area contributed by atoms with Gasteiger partial charge in [0.2, 0.25) is 0 Å². The summed E-state index contributed by atoms with van der Waals surface area (Å²) >= 11 is 0. The molecule has 0 radical (unpaired) electrons. The Morgan fingerprint density at radius 1 is 1.16 bits per heavy atom. The van der Waals surface area contributed by atoms with E-state index in [1.54, 1.807) is 12.1 Å². The van der Waals surface area contributed by atoms with Gasteiger partial charge in [-0.3, -0.25) is 0 Å². The first-order valence-electron chi connectivity index (χ1n) is 6.22. The minimum Gasteiger partial charge on any atom is -0.370 e. The summed E-state index contributed by atoms with van der Waals surface area (Å²) in [6.45, 7) is 6.56. The third kappa shape index (κ3) is 3.19. The normalized spacial score (nSPS) is 10.3. The van der Waals surface area contributed by atoms with Crippen LogP contribution in [0, 0.1) is 19.7 Å². The van der Waals surface area contributed by atoms with Gasteiger partial charge >= 0.3 is 0 Å². The number of hydrogen-bond acceptors (Lipinski definition) is 4. The number of aromatic nitrogens is 2. The molecule has 0 saturated carbocycles. The Morgan fingerprint density at radius 2 is 1.89 bits per heavy atom. The summed E-state index contributed by atoms with van der Waals surface area (Å²) in [6, 6.07) is 6.30. The zero-order chi connectivity index (χ0) is 13.8. The second-order valence-corrected chi connectivity index (χ2v) is 4.26. The molecule has 5 heteroatoms. The van der Waals surface area contributed by atoms with Crippen LogP contribution in [0.2, 0.25) is 0 Å². The van der Waals surface area contributed by atoms with E-state index in [-0.39, 0.29) is 5.82 Å². The lowest BCUT2D eigenvalue weighted by Gasteiger charge is -2.13. The van der Waals surface area contributed by atoms with Crippen LogP contribution in [-0.4, -0.2) is 16.5 Å². The summed E-state index contributed by atoms with van der Waals surface area (Å²) in [5.41, 5.74) is 1.58. The molecule has 2 N–H and O–H groups in total. The summed E-state index contributed by atoms with van der Waals surface area (Å²) in [5, 5.41) is 6.31. The monoisotopic (exact) mass is 260 g/mol. The van der Waals surface area contributed by atoms with E-state index in [4.69, 9.17) is 0 Å². The van der Waals surface area contributed by atoms with Gasteiger partial charge in [-0.15, -0.1) is 0 Å². The number of hydrogen-bond donors (Lipinski definition) is 2. The van der Waals surface area contributed by atoms with Crippen molar-refractivity contribution in [3.8, 4) is 0 Å². The molecule has 0 saturated heterocycles. The topological polar surface area (TPSA) is 49.8 Å². The third-order valence-electron chi connectivity index (χ3n) is 2.69. The average Bonchev–Trinajstić information content (AvgIpc) is 2.35. The highest BCUT2D eigenvalue weighted by Gasteiger charge is 2.09. The van der Waals surface area contributed by atoms with Crippen LogP contribution >= 0.6 is 0 Å². The largest absolute Gasteiger partial charge is 0.370 e. The van der Waals surface area contributed by atoms with Gasteiger partial charge in [0.1, 0.15) is 23.3 Å². The zero-order valence-corrected chi connectivity index (χ0v) is 11.3. The summed E-state index contributed by atoms with van der Waals surface area (Å²) in [4.78, 5) is 8.70. The lowest BCUT2D eigenvalue weighted by molar-refractivity contribution is 0.628. The molecule has 0 bridgehead atoms. The summed E-state index contributed by atoms with van der Waals surface area (Å²) in [5.74, 6) is 1.88. The fourth-order valence-corrected chi connectivity index (χ4v) is 1.79. The number of aryl methyl sites for hydroxylation is 1. The second kappa shape index (κ2) is 5.65. The van der Waals surface area contributed by atoms with Gasteiger partial charge in [-0.25, -0.2) is 14.4 Å². The summed E-state index contributed by atoms with van der Waals surface area (Å²) < 4.78 is 13.2. The quantitative estimate of drug-likeness (QED) is 0.884. The van der Waals surface area contributed by atoms with Crippen molar-refractivity contribution in [1.29, 1.82) is 0 Å².